The van der Waals surface area contributed by atoms with E-state index >= 15 is 0 Å². The molecule has 0 fully saturated rings. The zero-order valence-electron chi connectivity index (χ0n) is 8.28. The Morgan fingerprint density at radius 1 is 1.64 bits per heavy atom. The number of thioether (sulfide) groups is 1. The lowest BCUT2D eigenvalue weighted by molar-refractivity contribution is 0.112. The van der Waals surface area contributed by atoms with Crippen LogP contribution >= 0.6 is 11.8 Å². The van der Waals surface area contributed by atoms with Crippen molar-refractivity contribution >= 4 is 23.9 Å². The number of nitrogens with zero attached hydrogens (tertiary/aromatic N) is 2. The fourth-order valence-corrected chi connectivity index (χ4v) is 1.29. The molecule has 0 radical (unpaired) electrons. The summed E-state index contributed by atoms with van der Waals surface area (Å²) in [5.41, 5.74) is 0.510. The Hall–Kier alpha value is -1.10. The monoisotopic (exact) mass is 211 g/mol. The molecule has 1 rings (SSSR count). The lowest BCUT2D eigenvalue weighted by atomic mass is 10.3. The van der Waals surface area contributed by atoms with Crippen molar-refractivity contribution in [3.63, 3.8) is 0 Å². The Kier molecular flexibility index (Phi) is 4.39. The fourth-order valence-electron chi connectivity index (χ4n) is 0.945. The van der Waals surface area contributed by atoms with Crippen LogP contribution in [0, 0.1) is 0 Å². The van der Waals surface area contributed by atoms with Gasteiger partial charge in [0.2, 0.25) is 0 Å². The third-order valence-electron chi connectivity index (χ3n) is 1.65. The predicted molar refractivity (Wildman–Crippen MR) is 58.0 cm³/mol. The van der Waals surface area contributed by atoms with Crippen LogP contribution in [0.4, 0.5) is 5.82 Å². The maximum absolute atomic E-state index is 10.7. The Bertz CT molecular complexity index is 317. The normalized spacial score (nSPS) is 9.86. The summed E-state index contributed by atoms with van der Waals surface area (Å²) >= 11 is 1.46. The van der Waals surface area contributed by atoms with E-state index in [0.717, 1.165) is 19.3 Å². The van der Waals surface area contributed by atoms with Crippen molar-refractivity contribution < 1.29 is 4.79 Å². The van der Waals surface area contributed by atoms with Gasteiger partial charge in [0, 0.05) is 12.7 Å². The molecule has 0 saturated carbocycles. The van der Waals surface area contributed by atoms with E-state index in [4.69, 9.17) is 0 Å². The van der Waals surface area contributed by atoms with Gasteiger partial charge in [0.15, 0.2) is 11.4 Å². The first-order valence-electron chi connectivity index (χ1n) is 4.42. The molecule has 0 saturated heterocycles. The summed E-state index contributed by atoms with van der Waals surface area (Å²) < 4.78 is 0. The van der Waals surface area contributed by atoms with Crippen molar-refractivity contribution in [1.29, 1.82) is 0 Å². The fraction of sp³-hybridized carbons (Fsp3) is 0.444. The molecule has 1 N–H and O–H groups in total. The number of aldehydes is 1. The standard InChI is InChI=1S/C9H13N3OS/c1-3-4-10-8-7(6-13)5-11-9(12-8)14-2/h5-6H,3-4H2,1-2H3,(H,10,11,12). The minimum absolute atomic E-state index is 0.510. The molecule has 1 heterocycles. The highest BCUT2D eigenvalue weighted by Gasteiger charge is 2.04. The second kappa shape index (κ2) is 5.59. The average molecular weight is 211 g/mol. The number of hydrogen-bond acceptors (Lipinski definition) is 5. The predicted octanol–water partition coefficient (Wildman–Crippen LogP) is 1.83. The minimum atomic E-state index is 0.510. The second-order valence-corrected chi connectivity index (χ2v) is 3.48. The van der Waals surface area contributed by atoms with Gasteiger partial charge in [-0.1, -0.05) is 18.7 Å². The smallest absolute Gasteiger partial charge is 0.189 e. The third kappa shape index (κ3) is 2.70. The number of hydrogen-bond donors (Lipinski definition) is 1. The molecule has 0 aliphatic carbocycles. The van der Waals surface area contributed by atoms with Crippen LogP contribution in [0.3, 0.4) is 0 Å². The molecule has 14 heavy (non-hydrogen) atoms. The molecule has 0 atom stereocenters. The molecule has 0 bridgehead atoms. The number of anilines is 1. The van der Waals surface area contributed by atoms with Crippen molar-refractivity contribution in [2.75, 3.05) is 18.1 Å². The number of carbonyl (C=O) groups is 1. The molecule has 1 aromatic rings. The van der Waals surface area contributed by atoms with Crippen molar-refractivity contribution in [1.82, 2.24) is 9.97 Å². The second-order valence-electron chi connectivity index (χ2n) is 2.71. The molecule has 4 nitrogen and oxygen atoms in total. The summed E-state index contributed by atoms with van der Waals surface area (Å²) in [7, 11) is 0. The lowest BCUT2D eigenvalue weighted by Crippen LogP contribution is -2.06. The highest BCUT2D eigenvalue weighted by atomic mass is 32.2. The third-order valence-corrected chi connectivity index (χ3v) is 2.21. The van der Waals surface area contributed by atoms with Crippen LogP contribution in [0.5, 0.6) is 0 Å². The van der Waals surface area contributed by atoms with E-state index in [1.807, 2.05) is 6.26 Å². The van der Waals surface area contributed by atoms with Crippen LogP contribution < -0.4 is 5.32 Å². The molecule has 0 amide bonds. The Balaban J connectivity index is 2.90. The molecule has 5 heteroatoms. The highest BCUT2D eigenvalue weighted by molar-refractivity contribution is 7.98. The number of nitrogens with one attached hydrogen (secondary N) is 1. The summed E-state index contributed by atoms with van der Waals surface area (Å²) in [5.74, 6) is 0.626. The van der Waals surface area contributed by atoms with Gasteiger partial charge in [-0.3, -0.25) is 4.79 Å². The van der Waals surface area contributed by atoms with E-state index in [1.54, 1.807) is 6.20 Å². The lowest BCUT2D eigenvalue weighted by Gasteiger charge is -2.06. The largest absolute Gasteiger partial charge is 0.369 e. The Labute approximate surface area is 87.5 Å². The van der Waals surface area contributed by atoms with Crippen LogP contribution in [0.1, 0.15) is 23.7 Å². The number of rotatable bonds is 5. The van der Waals surface area contributed by atoms with Gasteiger partial charge in [-0.25, -0.2) is 9.97 Å². The van der Waals surface area contributed by atoms with E-state index in [9.17, 15) is 4.79 Å². The SMILES string of the molecule is CCCNc1nc(SC)ncc1C=O. The molecule has 0 spiro atoms. The van der Waals surface area contributed by atoms with Crippen LogP contribution in [-0.2, 0) is 0 Å². The van der Waals surface area contributed by atoms with Gasteiger partial charge in [-0.05, 0) is 12.7 Å². The topological polar surface area (TPSA) is 54.9 Å². The summed E-state index contributed by atoms with van der Waals surface area (Å²) in [4.78, 5) is 18.9. The molecule has 0 aromatic carbocycles. The summed E-state index contributed by atoms with van der Waals surface area (Å²) in [6, 6.07) is 0. The zero-order chi connectivity index (χ0) is 10.4. The quantitative estimate of drug-likeness (QED) is 0.457. The summed E-state index contributed by atoms with van der Waals surface area (Å²) in [6.45, 7) is 2.87. The van der Waals surface area contributed by atoms with Crippen LogP contribution in [0.2, 0.25) is 0 Å². The molecule has 76 valence electrons. The van der Waals surface area contributed by atoms with E-state index in [0.29, 0.717) is 16.5 Å². The Morgan fingerprint density at radius 2 is 2.43 bits per heavy atom. The van der Waals surface area contributed by atoms with Gasteiger partial charge >= 0.3 is 0 Å². The molecule has 0 aliphatic rings. The van der Waals surface area contributed by atoms with Gasteiger partial charge in [0.25, 0.3) is 0 Å². The molecular weight excluding hydrogens is 198 g/mol. The first kappa shape index (κ1) is 11.0. The zero-order valence-corrected chi connectivity index (χ0v) is 9.10. The summed E-state index contributed by atoms with van der Waals surface area (Å²) in [6.07, 6.45) is 5.21. The number of aromatic nitrogens is 2. The molecule has 1 aromatic heterocycles. The van der Waals surface area contributed by atoms with Crippen molar-refractivity contribution in [2.45, 2.75) is 18.5 Å². The van der Waals surface area contributed by atoms with E-state index in [2.05, 4.69) is 22.2 Å². The molecule has 0 aliphatic heterocycles. The maximum Gasteiger partial charge on any atom is 0.189 e. The van der Waals surface area contributed by atoms with Crippen molar-refractivity contribution in [3.8, 4) is 0 Å². The first-order valence-corrected chi connectivity index (χ1v) is 5.64. The van der Waals surface area contributed by atoms with Gasteiger partial charge < -0.3 is 5.32 Å². The molecule has 0 unspecified atom stereocenters. The van der Waals surface area contributed by atoms with E-state index in [-0.39, 0.29) is 0 Å². The van der Waals surface area contributed by atoms with Gasteiger partial charge in [-0.2, -0.15) is 0 Å². The van der Waals surface area contributed by atoms with Crippen LogP contribution in [-0.4, -0.2) is 29.1 Å². The van der Waals surface area contributed by atoms with Crippen molar-refractivity contribution in [2.24, 2.45) is 0 Å². The van der Waals surface area contributed by atoms with Gasteiger partial charge in [0.05, 0.1) is 5.56 Å². The van der Waals surface area contributed by atoms with Gasteiger partial charge in [-0.15, -0.1) is 0 Å². The van der Waals surface area contributed by atoms with Crippen molar-refractivity contribution in [3.05, 3.63) is 11.8 Å². The maximum atomic E-state index is 10.7. The van der Waals surface area contributed by atoms with Gasteiger partial charge in [0.1, 0.15) is 5.82 Å². The van der Waals surface area contributed by atoms with E-state index < -0.39 is 0 Å². The Morgan fingerprint density at radius 3 is 3.00 bits per heavy atom. The average Bonchev–Trinajstić information content (AvgIpc) is 2.25. The number of carbonyl (C=O) groups excluding carboxylic acids is 1. The highest BCUT2D eigenvalue weighted by Crippen LogP contribution is 2.14. The first-order chi connectivity index (χ1) is 6.81. The van der Waals surface area contributed by atoms with E-state index in [1.165, 1.54) is 11.8 Å². The van der Waals surface area contributed by atoms with Crippen LogP contribution in [0.15, 0.2) is 11.4 Å². The minimum Gasteiger partial charge on any atom is -0.369 e. The molecular formula is C9H13N3OS. The summed E-state index contributed by atoms with van der Waals surface area (Å²) in [5, 5.41) is 3.77. The van der Waals surface area contributed by atoms with Crippen LogP contribution in [0.25, 0.3) is 0 Å².